The summed E-state index contributed by atoms with van der Waals surface area (Å²) < 4.78 is 1.12. The van der Waals surface area contributed by atoms with E-state index in [4.69, 9.17) is 17.2 Å². The third-order valence-electron chi connectivity index (χ3n) is 4.14. The van der Waals surface area contributed by atoms with Crippen molar-refractivity contribution in [2.24, 2.45) is 17.2 Å². The Balaban J connectivity index is 2.38. The fraction of sp³-hybridized carbons (Fsp3) is 0.600. The number of nitrogens with two attached hydrogens (primary N) is 3. The third kappa shape index (κ3) is 3.40. The molecule has 1 aromatic carbocycles. The van der Waals surface area contributed by atoms with Crippen LogP contribution in [0.15, 0.2) is 22.7 Å². The van der Waals surface area contributed by atoms with Crippen LogP contribution < -0.4 is 22.5 Å². The SMILES string of the molecule is NCCC1NC(CCN)C(CCN)c2cc(Br)ccc21. The summed E-state index contributed by atoms with van der Waals surface area (Å²) in [5.41, 5.74) is 20.1. The molecule has 3 unspecified atom stereocenters. The lowest BCUT2D eigenvalue weighted by Gasteiger charge is -2.39. The smallest absolute Gasteiger partial charge is 0.0337 e. The lowest BCUT2D eigenvalue weighted by atomic mass is 9.78. The Hall–Kier alpha value is -0.460. The second kappa shape index (κ2) is 7.52. The molecule has 0 amide bonds. The largest absolute Gasteiger partial charge is 0.330 e. The highest BCUT2D eigenvalue weighted by atomic mass is 79.9. The van der Waals surface area contributed by atoms with E-state index in [-0.39, 0.29) is 0 Å². The number of fused-ring (bicyclic) bond motifs is 1. The van der Waals surface area contributed by atoms with Crippen LogP contribution in [0, 0.1) is 0 Å². The standard InChI is InChI=1S/C15H25BrN4/c16-10-1-2-11-13(9-10)12(3-6-17)15(5-8-19)20-14(11)4-7-18/h1-2,9,12,14-15,20H,3-8,17-19H2. The first kappa shape index (κ1) is 15.9. The van der Waals surface area contributed by atoms with Crippen molar-refractivity contribution < 1.29 is 0 Å². The summed E-state index contributed by atoms with van der Waals surface area (Å²) in [4.78, 5) is 0. The third-order valence-corrected chi connectivity index (χ3v) is 4.63. The van der Waals surface area contributed by atoms with Gasteiger partial charge in [-0.25, -0.2) is 0 Å². The minimum Gasteiger partial charge on any atom is -0.330 e. The molecule has 0 radical (unpaired) electrons. The van der Waals surface area contributed by atoms with E-state index in [0.29, 0.717) is 37.6 Å². The molecule has 0 saturated carbocycles. The van der Waals surface area contributed by atoms with Gasteiger partial charge in [-0.3, -0.25) is 0 Å². The van der Waals surface area contributed by atoms with Crippen LogP contribution in [0.4, 0.5) is 0 Å². The van der Waals surface area contributed by atoms with Crippen molar-refractivity contribution in [1.82, 2.24) is 5.32 Å². The summed E-state index contributed by atoms with van der Waals surface area (Å²) in [6.07, 6.45) is 2.90. The van der Waals surface area contributed by atoms with Gasteiger partial charge in [0.15, 0.2) is 0 Å². The molecule has 112 valence electrons. The molecule has 20 heavy (non-hydrogen) atoms. The van der Waals surface area contributed by atoms with Crippen molar-refractivity contribution in [3.05, 3.63) is 33.8 Å². The van der Waals surface area contributed by atoms with Gasteiger partial charge in [0.05, 0.1) is 0 Å². The van der Waals surface area contributed by atoms with Gasteiger partial charge >= 0.3 is 0 Å². The summed E-state index contributed by atoms with van der Waals surface area (Å²) in [5.74, 6) is 0.435. The van der Waals surface area contributed by atoms with Crippen LogP contribution >= 0.6 is 15.9 Å². The molecule has 0 aromatic heterocycles. The lowest BCUT2D eigenvalue weighted by Crippen LogP contribution is -2.44. The number of hydrogen-bond donors (Lipinski definition) is 4. The first-order valence-corrected chi connectivity index (χ1v) is 8.16. The van der Waals surface area contributed by atoms with Crippen LogP contribution in [0.3, 0.4) is 0 Å². The van der Waals surface area contributed by atoms with E-state index >= 15 is 0 Å². The fourth-order valence-electron chi connectivity index (χ4n) is 3.27. The van der Waals surface area contributed by atoms with Crippen molar-refractivity contribution in [1.29, 1.82) is 0 Å². The Morgan fingerprint density at radius 3 is 2.30 bits per heavy atom. The number of rotatable bonds is 6. The molecule has 1 aliphatic heterocycles. The molecule has 1 aromatic rings. The van der Waals surface area contributed by atoms with Gasteiger partial charge in [0.2, 0.25) is 0 Å². The minimum atomic E-state index is 0.327. The average Bonchev–Trinajstić information content (AvgIpc) is 2.43. The van der Waals surface area contributed by atoms with E-state index in [1.54, 1.807) is 0 Å². The predicted molar refractivity (Wildman–Crippen MR) is 87.6 cm³/mol. The number of benzene rings is 1. The van der Waals surface area contributed by atoms with Crippen molar-refractivity contribution in [2.75, 3.05) is 19.6 Å². The van der Waals surface area contributed by atoms with E-state index < -0.39 is 0 Å². The van der Waals surface area contributed by atoms with E-state index in [1.807, 2.05) is 0 Å². The molecule has 1 aliphatic rings. The molecule has 3 atom stereocenters. The highest BCUT2D eigenvalue weighted by Crippen LogP contribution is 2.39. The zero-order valence-electron chi connectivity index (χ0n) is 11.8. The van der Waals surface area contributed by atoms with E-state index in [1.165, 1.54) is 11.1 Å². The number of nitrogens with one attached hydrogen (secondary N) is 1. The molecule has 2 rings (SSSR count). The first-order chi connectivity index (χ1) is 9.71. The maximum Gasteiger partial charge on any atom is 0.0337 e. The maximum absolute atomic E-state index is 5.82. The molecule has 0 spiro atoms. The monoisotopic (exact) mass is 340 g/mol. The topological polar surface area (TPSA) is 90.1 Å². The molecule has 1 heterocycles. The van der Waals surface area contributed by atoms with Gasteiger partial charge in [-0.2, -0.15) is 0 Å². The second-order valence-corrected chi connectivity index (χ2v) is 6.35. The van der Waals surface area contributed by atoms with Crippen LogP contribution in [0.2, 0.25) is 0 Å². The van der Waals surface area contributed by atoms with Crippen molar-refractivity contribution in [2.45, 2.75) is 37.3 Å². The molecule has 5 heteroatoms. The van der Waals surface area contributed by atoms with Gasteiger partial charge in [0.1, 0.15) is 0 Å². The van der Waals surface area contributed by atoms with Gasteiger partial charge in [0.25, 0.3) is 0 Å². The van der Waals surface area contributed by atoms with Crippen molar-refractivity contribution >= 4 is 15.9 Å². The fourth-order valence-corrected chi connectivity index (χ4v) is 3.65. The summed E-state index contributed by atoms with van der Waals surface area (Å²) in [6.45, 7) is 2.07. The molecule has 7 N–H and O–H groups in total. The summed E-state index contributed by atoms with van der Waals surface area (Å²) in [6, 6.07) is 7.27. The molecule has 0 fully saturated rings. The summed E-state index contributed by atoms with van der Waals surface area (Å²) in [7, 11) is 0. The van der Waals surface area contributed by atoms with Gasteiger partial charge in [-0.05, 0) is 62.2 Å². The summed E-state index contributed by atoms with van der Waals surface area (Å²) in [5, 5.41) is 3.73. The Morgan fingerprint density at radius 2 is 1.65 bits per heavy atom. The van der Waals surface area contributed by atoms with Gasteiger partial charge < -0.3 is 22.5 Å². The summed E-state index contributed by atoms with van der Waals surface area (Å²) >= 11 is 3.59. The molecular weight excluding hydrogens is 316 g/mol. The Labute approximate surface area is 129 Å². The van der Waals surface area contributed by atoms with Gasteiger partial charge in [-0.15, -0.1) is 0 Å². The van der Waals surface area contributed by atoms with Gasteiger partial charge in [0, 0.05) is 22.5 Å². The molecule has 0 saturated heterocycles. The lowest BCUT2D eigenvalue weighted by molar-refractivity contribution is 0.317. The van der Waals surface area contributed by atoms with E-state index in [9.17, 15) is 0 Å². The van der Waals surface area contributed by atoms with Crippen LogP contribution in [0.5, 0.6) is 0 Å². The van der Waals surface area contributed by atoms with Gasteiger partial charge in [-0.1, -0.05) is 22.0 Å². The maximum atomic E-state index is 5.82. The van der Waals surface area contributed by atoms with Crippen LogP contribution in [-0.2, 0) is 0 Å². The average molecular weight is 341 g/mol. The highest BCUT2D eigenvalue weighted by molar-refractivity contribution is 9.10. The number of hydrogen-bond acceptors (Lipinski definition) is 4. The first-order valence-electron chi connectivity index (χ1n) is 7.36. The number of halogens is 1. The van der Waals surface area contributed by atoms with Crippen molar-refractivity contribution in [3.8, 4) is 0 Å². The normalized spacial score (nSPS) is 25.5. The second-order valence-electron chi connectivity index (χ2n) is 5.44. The zero-order chi connectivity index (χ0) is 14.5. The highest BCUT2D eigenvalue weighted by Gasteiger charge is 2.33. The molecule has 4 nitrogen and oxygen atoms in total. The Kier molecular flexibility index (Phi) is 5.99. The predicted octanol–water partition coefficient (Wildman–Crippen LogP) is 1.59. The van der Waals surface area contributed by atoms with Crippen LogP contribution in [0.25, 0.3) is 0 Å². The minimum absolute atomic E-state index is 0.327. The molecular formula is C15H25BrN4. The Bertz CT molecular complexity index is 438. The zero-order valence-corrected chi connectivity index (χ0v) is 13.4. The molecule has 0 bridgehead atoms. The van der Waals surface area contributed by atoms with E-state index in [0.717, 1.165) is 23.7 Å². The van der Waals surface area contributed by atoms with Crippen LogP contribution in [-0.4, -0.2) is 25.7 Å². The Morgan fingerprint density at radius 1 is 0.950 bits per heavy atom. The molecule has 0 aliphatic carbocycles. The van der Waals surface area contributed by atoms with Crippen LogP contribution in [0.1, 0.15) is 42.3 Å². The van der Waals surface area contributed by atoms with Crippen molar-refractivity contribution in [3.63, 3.8) is 0 Å². The quantitative estimate of drug-likeness (QED) is 0.633. The van der Waals surface area contributed by atoms with E-state index in [2.05, 4.69) is 39.4 Å².